The highest BCUT2D eigenvalue weighted by Gasteiger charge is 2.32. The number of piperidine rings is 2. The highest BCUT2D eigenvalue weighted by atomic mass is 35.5. The van der Waals surface area contributed by atoms with Gasteiger partial charge in [0.25, 0.3) is 11.4 Å². The number of nitrogens with one attached hydrogen (secondary N) is 1. The summed E-state index contributed by atoms with van der Waals surface area (Å²) in [5, 5.41) is 24.5. The van der Waals surface area contributed by atoms with E-state index in [1.54, 1.807) is 29.2 Å². The smallest absolute Gasteiger partial charge is 0.409 e. The van der Waals surface area contributed by atoms with Crippen molar-refractivity contribution in [3.8, 4) is 33.8 Å². The van der Waals surface area contributed by atoms with Crippen LogP contribution in [0.25, 0.3) is 22.3 Å². The number of ether oxygens (including phenoxy) is 4. The Hall–Kier alpha value is -7.29. The summed E-state index contributed by atoms with van der Waals surface area (Å²) in [6.45, 7) is 3.64. The molecule has 6 aromatic rings. The molecule has 0 spiro atoms. The molecule has 0 atom stereocenters. The molecule has 10 rings (SSSR count). The lowest BCUT2D eigenvalue weighted by atomic mass is 9.98. The van der Waals surface area contributed by atoms with Crippen molar-refractivity contribution >= 4 is 34.5 Å². The van der Waals surface area contributed by atoms with Gasteiger partial charge in [0.15, 0.2) is 0 Å². The highest BCUT2D eigenvalue weighted by Crippen LogP contribution is 2.46. The largest absolute Gasteiger partial charge is 0.490 e. The van der Waals surface area contributed by atoms with E-state index in [0.717, 1.165) is 25.9 Å². The van der Waals surface area contributed by atoms with Gasteiger partial charge in [-0.25, -0.2) is 9.59 Å². The molecule has 0 saturated carbocycles. The maximum atomic E-state index is 12.7. The van der Waals surface area contributed by atoms with Gasteiger partial charge in [0.05, 0.1) is 9.85 Å². The van der Waals surface area contributed by atoms with E-state index in [1.807, 2.05) is 48.5 Å². The Balaban J connectivity index is 0.000000150. The Morgan fingerprint density at radius 2 is 0.896 bits per heavy atom. The summed E-state index contributed by atoms with van der Waals surface area (Å²) in [6, 6.07) is 45.3. The molecule has 0 bridgehead atoms. The Labute approximate surface area is 392 Å². The van der Waals surface area contributed by atoms with E-state index in [2.05, 4.69) is 53.8 Å². The maximum Gasteiger partial charge on any atom is 0.409 e. The van der Waals surface area contributed by atoms with Crippen molar-refractivity contribution in [3.63, 3.8) is 0 Å². The number of likely N-dealkylation sites (tertiary alicyclic amines) is 1. The van der Waals surface area contributed by atoms with Crippen LogP contribution in [0.4, 0.5) is 21.0 Å². The minimum Gasteiger partial charge on any atom is -0.490 e. The zero-order valence-electron chi connectivity index (χ0n) is 36.5. The highest BCUT2D eigenvalue weighted by molar-refractivity contribution is 6.61. The first-order valence-corrected chi connectivity index (χ1v) is 22.6. The number of hydrogen-bond acceptors (Lipinski definition) is 11. The van der Waals surface area contributed by atoms with Crippen LogP contribution in [0.5, 0.6) is 11.5 Å². The molecule has 2 aliphatic carbocycles. The zero-order valence-corrected chi connectivity index (χ0v) is 37.3. The number of benzene rings is 6. The van der Waals surface area contributed by atoms with Gasteiger partial charge in [-0.05, 0) is 94.7 Å². The van der Waals surface area contributed by atoms with Crippen molar-refractivity contribution in [2.75, 3.05) is 39.4 Å². The lowest BCUT2D eigenvalue weighted by molar-refractivity contribution is -0.385. The van der Waals surface area contributed by atoms with Gasteiger partial charge in [-0.1, -0.05) is 97.1 Å². The molecule has 67 heavy (non-hydrogen) atoms. The van der Waals surface area contributed by atoms with Gasteiger partial charge in [0.2, 0.25) is 0 Å². The van der Waals surface area contributed by atoms with Gasteiger partial charge >= 0.3 is 11.5 Å². The number of carbonyl (C=O) groups excluding carboxylic acids is 2. The molecule has 14 nitrogen and oxygen atoms in total. The number of amides is 1. The van der Waals surface area contributed by atoms with Crippen LogP contribution in [0.1, 0.15) is 59.8 Å². The lowest BCUT2D eigenvalue weighted by Crippen LogP contribution is -2.42. The van der Waals surface area contributed by atoms with Gasteiger partial charge in [0.1, 0.15) is 36.9 Å². The molecular formula is C52H49ClN4O10. The van der Waals surface area contributed by atoms with Crippen LogP contribution in [0.15, 0.2) is 146 Å². The molecule has 15 heteroatoms. The van der Waals surface area contributed by atoms with E-state index >= 15 is 0 Å². The third kappa shape index (κ3) is 11.4. The minimum absolute atomic E-state index is 0.0347. The number of hydrogen-bond donors (Lipinski definition) is 1. The number of nitrogens with zero attached hydrogens (tertiary/aromatic N) is 3. The molecule has 2 heterocycles. The molecular weight excluding hydrogens is 876 g/mol. The summed E-state index contributed by atoms with van der Waals surface area (Å²) in [5.74, 6) is 1.43. The third-order valence-electron chi connectivity index (χ3n) is 12.3. The molecule has 0 radical (unpaired) electrons. The molecule has 4 aliphatic rings. The van der Waals surface area contributed by atoms with Crippen molar-refractivity contribution in [2.45, 2.75) is 49.7 Å². The van der Waals surface area contributed by atoms with E-state index in [0.29, 0.717) is 44.0 Å². The second kappa shape index (κ2) is 21.8. The fraction of sp³-hybridized carbons (Fsp3) is 0.269. The van der Waals surface area contributed by atoms with Gasteiger partial charge < -0.3 is 29.2 Å². The Bertz CT molecular complexity index is 2590. The van der Waals surface area contributed by atoms with Crippen molar-refractivity contribution < 1.29 is 38.4 Å². The summed E-state index contributed by atoms with van der Waals surface area (Å²) < 4.78 is 22.4. The molecule has 0 unspecified atom stereocenters. The quantitative estimate of drug-likeness (QED) is 0.0787. The molecule has 2 aliphatic heterocycles. The Kier molecular flexibility index (Phi) is 15.0. The molecule has 0 aromatic heterocycles. The monoisotopic (exact) mass is 924 g/mol. The van der Waals surface area contributed by atoms with Crippen molar-refractivity contribution in [1.29, 1.82) is 0 Å². The molecule has 2 fully saturated rings. The predicted octanol–water partition coefficient (Wildman–Crippen LogP) is 11.3. The van der Waals surface area contributed by atoms with Crippen LogP contribution in [0, 0.1) is 20.2 Å². The van der Waals surface area contributed by atoms with Crippen LogP contribution < -0.4 is 14.8 Å². The standard InChI is InChI=1S/C26H24N2O5.C15H11ClO2.C11H14N2O3/c29-26(27-15-13-20(14-16-27)33-19-11-9-18(10-12-19)28(30)31)32-17-25-23-7-3-1-5-21(23)22-6-2-4-8-24(22)25;16-15(17)18-9-14-12-7-3-1-5-10(12)11-6-2-4-8-13(11)14;14-13(15)9-1-3-10(4-2-9)16-11-5-7-12-8-6-11/h1-12,20,25H,13-17H2;1-8,14H,9H2;1-4,11-12H,5-8H2. The number of nitro groups is 2. The van der Waals surface area contributed by atoms with Gasteiger partial charge in [0, 0.05) is 73.6 Å². The SMILES string of the molecule is O=C(Cl)OCC1c2ccccc2-c2ccccc21.O=C(OCC1c2ccccc2-c2ccccc21)N1CCC(Oc2ccc([N+](=O)[O-])cc2)CC1.O=[N+]([O-])c1ccc(OC2CCNCC2)cc1. The van der Waals surface area contributed by atoms with Gasteiger partial charge in [-0.3, -0.25) is 20.2 Å². The van der Waals surface area contributed by atoms with E-state index in [4.69, 9.17) is 30.5 Å². The summed E-state index contributed by atoms with van der Waals surface area (Å²) >= 11 is 5.25. The van der Waals surface area contributed by atoms with E-state index in [9.17, 15) is 29.8 Å². The van der Waals surface area contributed by atoms with Crippen LogP contribution in [-0.4, -0.2) is 77.9 Å². The topological polar surface area (TPSA) is 173 Å². The van der Waals surface area contributed by atoms with Crippen LogP contribution in [0.3, 0.4) is 0 Å². The first-order valence-electron chi connectivity index (χ1n) is 22.3. The first kappa shape index (κ1) is 46.2. The molecule has 2 saturated heterocycles. The first-order chi connectivity index (χ1) is 32.6. The summed E-state index contributed by atoms with van der Waals surface area (Å²) in [4.78, 5) is 45.6. The van der Waals surface area contributed by atoms with Crippen LogP contribution in [0.2, 0.25) is 0 Å². The molecule has 344 valence electrons. The second-order valence-corrected chi connectivity index (χ2v) is 16.8. The fourth-order valence-electron chi connectivity index (χ4n) is 9.02. The number of carbonyl (C=O) groups is 2. The number of rotatable bonds is 10. The van der Waals surface area contributed by atoms with Gasteiger partial charge in [-0.15, -0.1) is 0 Å². The minimum atomic E-state index is -0.753. The average Bonchev–Trinajstić information content (AvgIpc) is 3.86. The van der Waals surface area contributed by atoms with Crippen molar-refractivity contribution in [2.24, 2.45) is 0 Å². The molecule has 1 amide bonds. The van der Waals surface area contributed by atoms with E-state index < -0.39 is 15.3 Å². The lowest BCUT2D eigenvalue weighted by Gasteiger charge is -2.31. The maximum absolute atomic E-state index is 12.7. The second-order valence-electron chi connectivity index (χ2n) is 16.5. The van der Waals surface area contributed by atoms with Gasteiger partial charge in [-0.2, -0.15) is 0 Å². The zero-order chi connectivity index (χ0) is 46.7. The predicted molar refractivity (Wildman–Crippen MR) is 254 cm³/mol. The summed E-state index contributed by atoms with van der Waals surface area (Å²) in [7, 11) is 0. The number of nitro benzene ring substituents is 2. The number of fused-ring (bicyclic) bond motifs is 6. The van der Waals surface area contributed by atoms with Crippen molar-refractivity contribution in [1.82, 2.24) is 10.2 Å². The summed E-state index contributed by atoms with van der Waals surface area (Å²) in [6.07, 6.45) is 3.22. The Morgan fingerprint density at radius 3 is 1.27 bits per heavy atom. The van der Waals surface area contributed by atoms with Crippen LogP contribution >= 0.6 is 11.6 Å². The Morgan fingerprint density at radius 1 is 0.537 bits per heavy atom. The molecule has 6 aromatic carbocycles. The van der Waals surface area contributed by atoms with Crippen LogP contribution in [-0.2, 0) is 9.47 Å². The normalized spacial score (nSPS) is 15.2. The van der Waals surface area contributed by atoms with E-state index in [1.165, 1.54) is 68.8 Å². The summed E-state index contributed by atoms with van der Waals surface area (Å²) in [5.41, 5.74) is 8.99. The van der Waals surface area contributed by atoms with Crippen molar-refractivity contribution in [3.05, 3.63) is 188 Å². The van der Waals surface area contributed by atoms with E-state index in [-0.39, 0.29) is 48.1 Å². The fourth-order valence-corrected chi connectivity index (χ4v) is 9.08. The number of non-ortho nitro benzene ring substituents is 2. The molecule has 1 N–H and O–H groups in total. The average molecular weight is 925 g/mol. The number of halogens is 1. The third-order valence-corrected chi connectivity index (χ3v) is 12.5.